The summed E-state index contributed by atoms with van der Waals surface area (Å²) in [6.07, 6.45) is 2.68. The van der Waals surface area contributed by atoms with Gasteiger partial charge in [0, 0.05) is 36.5 Å². The fourth-order valence-corrected chi connectivity index (χ4v) is 6.28. The van der Waals surface area contributed by atoms with Gasteiger partial charge < -0.3 is 25.4 Å². The molecule has 0 bridgehead atoms. The number of likely N-dealkylation sites (tertiary alicyclic amines) is 1. The zero-order valence-electron chi connectivity index (χ0n) is 20.9. The molecule has 8 nitrogen and oxygen atoms in total. The maximum atomic E-state index is 13.3. The van der Waals surface area contributed by atoms with Gasteiger partial charge in [-0.3, -0.25) is 9.36 Å². The summed E-state index contributed by atoms with van der Waals surface area (Å²) < 4.78 is 8.17. The molecule has 1 saturated heterocycles. The van der Waals surface area contributed by atoms with Gasteiger partial charge in [-0.1, -0.05) is 12.1 Å². The topological polar surface area (TPSA) is 95.8 Å². The molecule has 2 amide bonds. The number of methoxy groups -OCH3 is 1. The summed E-state index contributed by atoms with van der Waals surface area (Å²) >= 11 is 1.45. The van der Waals surface area contributed by atoms with Gasteiger partial charge in [-0.05, 0) is 68.0 Å². The Kier molecular flexibility index (Phi) is 6.14. The lowest BCUT2D eigenvalue weighted by Crippen LogP contribution is -2.37. The number of hydrogen-bond donors (Lipinski definition) is 3. The maximum Gasteiger partial charge on any atom is 0.326 e. The van der Waals surface area contributed by atoms with Crippen LogP contribution in [-0.2, 0) is 4.74 Å². The fraction of sp³-hybridized carbons (Fsp3) is 0.357. The van der Waals surface area contributed by atoms with Gasteiger partial charge in [0.2, 0.25) is 0 Å². The third-order valence-electron chi connectivity index (χ3n) is 7.31. The van der Waals surface area contributed by atoms with Gasteiger partial charge in [-0.25, -0.2) is 4.79 Å². The number of amides is 2. The molecule has 4 aromatic rings. The Morgan fingerprint density at radius 1 is 1.14 bits per heavy atom. The fourth-order valence-electron chi connectivity index (χ4n) is 5.20. The Hall–Kier alpha value is -3.40. The highest BCUT2D eigenvalue weighted by molar-refractivity contribution is 7.21. The van der Waals surface area contributed by atoms with Crippen LogP contribution in [-0.4, -0.2) is 65.0 Å². The van der Waals surface area contributed by atoms with Gasteiger partial charge in [-0.15, -0.1) is 11.3 Å². The van der Waals surface area contributed by atoms with Crippen molar-refractivity contribution >= 4 is 55.6 Å². The summed E-state index contributed by atoms with van der Waals surface area (Å²) in [5, 5.41) is 18.3. The van der Waals surface area contributed by atoms with E-state index in [0.717, 1.165) is 50.9 Å². The quantitative estimate of drug-likeness (QED) is 0.339. The van der Waals surface area contributed by atoms with Crippen molar-refractivity contribution in [2.75, 3.05) is 25.6 Å². The predicted molar refractivity (Wildman–Crippen MR) is 146 cm³/mol. The van der Waals surface area contributed by atoms with E-state index in [0.29, 0.717) is 23.9 Å². The van der Waals surface area contributed by atoms with Gasteiger partial charge in [-0.2, -0.15) is 0 Å². The van der Waals surface area contributed by atoms with Crippen molar-refractivity contribution < 1.29 is 19.4 Å². The van der Waals surface area contributed by atoms with Crippen LogP contribution in [0.2, 0.25) is 0 Å². The van der Waals surface area contributed by atoms with Crippen LogP contribution in [0.15, 0.2) is 48.5 Å². The number of benzene rings is 2. The van der Waals surface area contributed by atoms with Crippen molar-refractivity contribution in [2.24, 2.45) is 0 Å². The summed E-state index contributed by atoms with van der Waals surface area (Å²) in [4.78, 5) is 28.4. The van der Waals surface area contributed by atoms with E-state index in [-0.39, 0.29) is 30.7 Å². The highest BCUT2D eigenvalue weighted by Gasteiger charge is 2.36. The van der Waals surface area contributed by atoms with Gasteiger partial charge in [0.1, 0.15) is 0 Å². The van der Waals surface area contributed by atoms with Gasteiger partial charge in [0.15, 0.2) is 0 Å². The van der Waals surface area contributed by atoms with Crippen LogP contribution in [0.25, 0.3) is 21.0 Å². The molecule has 192 valence electrons. The molecule has 2 aromatic carbocycles. The molecule has 2 fully saturated rings. The van der Waals surface area contributed by atoms with Crippen molar-refractivity contribution in [3.05, 3.63) is 59.1 Å². The van der Waals surface area contributed by atoms with Crippen LogP contribution in [0, 0.1) is 6.92 Å². The van der Waals surface area contributed by atoms with E-state index in [1.165, 1.54) is 11.3 Å². The number of aliphatic hydroxyl groups excluding tert-OH is 1. The number of ether oxygens (including phenoxy) is 1. The predicted octanol–water partition coefficient (Wildman–Crippen LogP) is 4.85. The van der Waals surface area contributed by atoms with Crippen LogP contribution in [0.1, 0.15) is 34.6 Å². The Morgan fingerprint density at radius 2 is 1.97 bits per heavy atom. The minimum Gasteiger partial charge on any atom is -0.394 e. The van der Waals surface area contributed by atoms with Gasteiger partial charge >= 0.3 is 6.03 Å². The normalized spacial score (nSPS) is 19.6. The second-order valence-electron chi connectivity index (χ2n) is 9.97. The Labute approximate surface area is 218 Å². The minimum absolute atomic E-state index is 0.0547. The standard InChI is InChI=1S/C28H30N4O4S/c1-16-10-18-11-20(8-9-24(18)32(16)28(35)30-19-6-7-19)29-23-5-3-4-17-12-25(37-26(17)23)27(34)31-14-22(36-2)13-21(31)15-33/h3-5,8-12,19,21-22,29,33H,6-7,13-15H2,1-2H3,(H,30,35). The summed E-state index contributed by atoms with van der Waals surface area (Å²) in [5.41, 5.74) is 3.59. The maximum absolute atomic E-state index is 13.3. The molecule has 1 saturated carbocycles. The first kappa shape index (κ1) is 24.0. The molecule has 2 atom stereocenters. The van der Waals surface area contributed by atoms with Gasteiger partial charge in [0.05, 0.1) is 39.5 Å². The van der Waals surface area contributed by atoms with Crippen molar-refractivity contribution in [3.8, 4) is 0 Å². The van der Waals surface area contributed by atoms with Crippen molar-refractivity contribution in [3.63, 3.8) is 0 Å². The number of aliphatic hydroxyl groups is 1. The highest BCUT2D eigenvalue weighted by atomic mass is 32.1. The monoisotopic (exact) mass is 518 g/mol. The number of rotatable bonds is 6. The number of aromatic nitrogens is 1. The molecular formula is C28H30N4O4S. The molecule has 1 aliphatic carbocycles. The molecule has 0 spiro atoms. The first-order valence-electron chi connectivity index (χ1n) is 12.6. The molecule has 37 heavy (non-hydrogen) atoms. The molecule has 3 N–H and O–H groups in total. The first-order chi connectivity index (χ1) is 17.9. The number of anilines is 2. The molecule has 3 heterocycles. The second kappa shape index (κ2) is 9.48. The lowest BCUT2D eigenvalue weighted by molar-refractivity contribution is 0.0652. The zero-order chi connectivity index (χ0) is 25.7. The Balaban J connectivity index is 1.27. The van der Waals surface area contributed by atoms with E-state index in [1.54, 1.807) is 16.6 Å². The van der Waals surface area contributed by atoms with Crippen LogP contribution < -0.4 is 10.6 Å². The van der Waals surface area contributed by atoms with Crippen LogP contribution in [0.5, 0.6) is 0 Å². The van der Waals surface area contributed by atoms with Crippen LogP contribution in [0.3, 0.4) is 0 Å². The van der Waals surface area contributed by atoms with Crippen LogP contribution >= 0.6 is 11.3 Å². The second-order valence-corrected chi connectivity index (χ2v) is 11.0. The third kappa shape index (κ3) is 4.47. The first-order valence-corrected chi connectivity index (χ1v) is 13.4. The lowest BCUT2D eigenvalue weighted by Gasteiger charge is -2.21. The molecular weight excluding hydrogens is 488 g/mol. The van der Waals surface area contributed by atoms with E-state index in [4.69, 9.17) is 4.74 Å². The van der Waals surface area contributed by atoms with E-state index < -0.39 is 0 Å². The number of hydrogen-bond acceptors (Lipinski definition) is 6. The summed E-state index contributed by atoms with van der Waals surface area (Å²) in [7, 11) is 1.64. The number of aryl methyl sites for hydroxylation is 1. The van der Waals surface area contributed by atoms with E-state index in [2.05, 4.69) is 10.6 Å². The number of carbonyl (C=O) groups is 2. The van der Waals surface area contributed by atoms with Crippen molar-refractivity contribution in [2.45, 2.75) is 44.4 Å². The van der Waals surface area contributed by atoms with Gasteiger partial charge in [0.25, 0.3) is 5.91 Å². The average molecular weight is 519 g/mol. The highest BCUT2D eigenvalue weighted by Crippen LogP contribution is 2.36. The molecule has 1 aliphatic heterocycles. The SMILES string of the molecule is COC1CC(CO)N(C(=O)c2cc3cccc(Nc4ccc5c(c4)cc(C)n5C(=O)NC4CC4)c3s2)C1. The summed E-state index contributed by atoms with van der Waals surface area (Å²) in [6.45, 7) is 2.36. The molecule has 2 aromatic heterocycles. The van der Waals surface area contributed by atoms with E-state index in [9.17, 15) is 14.7 Å². The molecule has 2 unspecified atom stereocenters. The van der Waals surface area contributed by atoms with E-state index >= 15 is 0 Å². The molecule has 0 radical (unpaired) electrons. The number of thiophene rings is 1. The Bertz CT molecular complexity index is 1500. The zero-order valence-corrected chi connectivity index (χ0v) is 21.7. The third-order valence-corrected chi connectivity index (χ3v) is 8.48. The number of fused-ring (bicyclic) bond motifs is 2. The Morgan fingerprint density at radius 3 is 2.73 bits per heavy atom. The average Bonchev–Trinajstić information content (AvgIpc) is 3.30. The lowest BCUT2D eigenvalue weighted by atomic mass is 10.2. The van der Waals surface area contributed by atoms with Crippen molar-refractivity contribution in [1.82, 2.24) is 14.8 Å². The number of nitrogens with one attached hydrogen (secondary N) is 2. The molecule has 6 rings (SSSR count). The van der Waals surface area contributed by atoms with E-state index in [1.807, 2.05) is 55.5 Å². The number of nitrogens with zero attached hydrogens (tertiary/aromatic N) is 2. The summed E-state index contributed by atoms with van der Waals surface area (Å²) in [5.74, 6) is -0.0755. The number of carbonyl (C=O) groups excluding carboxylic acids is 2. The smallest absolute Gasteiger partial charge is 0.326 e. The van der Waals surface area contributed by atoms with Crippen LogP contribution in [0.4, 0.5) is 16.2 Å². The molecule has 9 heteroatoms. The minimum atomic E-state index is -0.228. The summed E-state index contributed by atoms with van der Waals surface area (Å²) in [6, 6.07) is 15.9. The largest absolute Gasteiger partial charge is 0.394 e. The van der Waals surface area contributed by atoms with Crippen molar-refractivity contribution in [1.29, 1.82) is 0 Å². The molecule has 2 aliphatic rings.